The summed E-state index contributed by atoms with van der Waals surface area (Å²) in [6.45, 7) is 6.76. The molecule has 1 unspecified atom stereocenters. The zero-order valence-electron chi connectivity index (χ0n) is 14.2. The van der Waals surface area contributed by atoms with Crippen molar-refractivity contribution in [1.29, 1.82) is 5.26 Å². The highest BCUT2D eigenvalue weighted by Crippen LogP contribution is 2.45. The van der Waals surface area contributed by atoms with Crippen LogP contribution in [0.5, 0.6) is 0 Å². The number of nitrogens with one attached hydrogen (secondary N) is 1. The van der Waals surface area contributed by atoms with Crippen LogP contribution in [-0.4, -0.2) is 17.0 Å². The molecule has 1 aliphatic carbocycles. The van der Waals surface area contributed by atoms with Gasteiger partial charge in [-0.15, -0.1) is 11.3 Å². The van der Waals surface area contributed by atoms with E-state index >= 15 is 0 Å². The first-order valence-corrected chi connectivity index (χ1v) is 8.86. The van der Waals surface area contributed by atoms with Crippen LogP contribution in [0.25, 0.3) is 0 Å². The maximum Gasteiger partial charge on any atom is 0.328 e. The molecule has 1 heterocycles. The maximum absolute atomic E-state index is 11.8. The van der Waals surface area contributed by atoms with Gasteiger partial charge in [0.2, 0.25) is 5.91 Å². The molecule has 0 saturated heterocycles. The highest BCUT2D eigenvalue weighted by atomic mass is 32.1. The number of thiophene rings is 1. The molecular weight excluding hydrogens is 324 g/mol. The van der Waals surface area contributed by atoms with Crippen LogP contribution in [0.3, 0.4) is 0 Å². The fourth-order valence-corrected chi connectivity index (χ4v) is 4.33. The smallest absolute Gasteiger partial charge is 0.328 e. The van der Waals surface area contributed by atoms with Gasteiger partial charge in [0.1, 0.15) is 11.1 Å². The molecule has 5 nitrogen and oxygen atoms in total. The van der Waals surface area contributed by atoms with Gasteiger partial charge in [-0.3, -0.25) is 4.79 Å². The quantitative estimate of drug-likeness (QED) is 0.795. The van der Waals surface area contributed by atoms with E-state index in [-0.39, 0.29) is 5.41 Å². The van der Waals surface area contributed by atoms with Gasteiger partial charge in [0.25, 0.3) is 0 Å². The second kappa shape index (κ2) is 7.18. The van der Waals surface area contributed by atoms with E-state index in [9.17, 15) is 14.9 Å². The van der Waals surface area contributed by atoms with Gasteiger partial charge in [0.15, 0.2) is 0 Å². The summed E-state index contributed by atoms with van der Waals surface area (Å²) in [6.07, 6.45) is 5.68. The number of hydrogen-bond donors (Lipinski definition) is 2. The molecule has 0 spiro atoms. The Balaban J connectivity index is 2.24. The minimum absolute atomic E-state index is 0.252. The molecular formula is C18H22N2O3S. The topological polar surface area (TPSA) is 90.2 Å². The molecule has 1 aliphatic rings. The lowest BCUT2D eigenvalue weighted by molar-refractivity contribution is -0.131. The Morgan fingerprint density at radius 3 is 2.75 bits per heavy atom. The van der Waals surface area contributed by atoms with E-state index in [1.165, 1.54) is 16.2 Å². The molecule has 128 valence electrons. The average Bonchev–Trinajstić information content (AvgIpc) is 2.88. The highest BCUT2D eigenvalue weighted by molar-refractivity contribution is 7.16. The molecule has 0 bridgehead atoms. The zero-order chi connectivity index (χ0) is 17.9. The van der Waals surface area contributed by atoms with Gasteiger partial charge in [0.05, 0.1) is 5.56 Å². The minimum Gasteiger partial charge on any atom is -0.478 e. The van der Waals surface area contributed by atoms with Gasteiger partial charge >= 0.3 is 5.97 Å². The molecule has 1 amide bonds. The van der Waals surface area contributed by atoms with E-state index in [1.54, 1.807) is 0 Å². The highest BCUT2D eigenvalue weighted by Gasteiger charge is 2.33. The van der Waals surface area contributed by atoms with Gasteiger partial charge in [0, 0.05) is 17.0 Å². The molecule has 1 atom stereocenters. The fourth-order valence-electron chi connectivity index (χ4n) is 3.05. The van der Waals surface area contributed by atoms with Crippen molar-refractivity contribution in [3.05, 3.63) is 28.2 Å². The van der Waals surface area contributed by atoms with Crippen molar-refractivity contribution in [1.82, 2.24) is 0 Å². The molecule has 0 fully saturated rings. The monoisotopic (exact) mass is 346 g/mol. The molecule has 24 heavy (non-hydrogen) atoms. The number of aliphatic carboxylic acids is 1. The third kappa shape index (κ3) is 3.85. The molecule has 0 aromatic carbocycles. The number of amides is 1. The van der Waals surface area contributed by atoms with Crippen LogP contribution in [0.4, 0.5) is 5.00 Å². The summed E-state index contributed by atoms with van der Waals surface area (Å²) in [5.74, 6) is -1.14. The molecule has 0 saturated carbocycles. The first-order chi connectivity index (χ1) is 11.3. The van der Waals surface area contributed by atoms with Crippen molar-refractivity contribution >= 4 is 28.2 Å². The molecule has 1 aromatic heterocycles. The normalized spacial score (nSPS) is 17.3. The molecule has 2 N–H and O–H groups in total. The van der Waals surface area contributed by atoms with E-state index < -0.39 is 11.9 Å². The predicted octanol–water partition coefficient (Wildman–Crippen LogP) is 3.74. The first-order valence-electron chi connectivity index (χ1n) is 8.05. The third-order valence-corrected chi connectivity index (χ3v) is 6.18. The van der Waals surface area contributed by atoms with Crippen LogP contribution >= 0.6 is 11.3 Å². The van der Waals surface area contributed by atoms with Crippen LogP contribution in [0.1, 0.15) is 49.6 Å². The zero-order valence-corrected chi connectivity index (χ0v) is 15.0. The summed E-state index contributed by atoms with van der Waals surface area (Å²) in [7, 11) is 0. The second-order valence-electron chi connectivity index (χ2n) is 6.76. The van der Waals surface area contributed by atoms with Gasteiger partial charge in [-0.1, -0.05) is 27.2 Å². The predicted molar refractivity (Wildman–Crippen MR) is 94.0 cm³/mol. The van der Waals surface area contributed by atoms with E-state index in [1.807, 2.05) is 0 Å². The van der Waals surface area contributed by atoms with Crippen molar-refractivity contribution in [2.75, 3.05) is 5.32 Å². The first kappa shape index (κ1) is 18.2. The summed E-state index contributed by atoms with van der Waals surface area (Å²) in [5.41, 5.74) is 1.82. The third-order valence-electron chi connectivity index (χ3n) is 5.01. The number of carbonyl (C=O) groups is 2. The number of nitrogens with zero attached hydrogens (tertiary/aromatic N) is 1. The Hall–Kier alpha value is -2.13. The summed E-state index contributed by atoms with van der Waals surface area (Å²) in [6, 6.07) is 2.20. The molecule has 1 aromatic rings. The number of rotatable bonds is 5. The molecule has 0 radical (unpaired) electrons. The lowest BCUT2D eigenvalue weighted by atomic mass is 9.69. The lowest BCUT2D eigenvalue weighted by Gasteiger charge is -2.36. The Morgan fingerprint density at radius 2 is 2.17 bits per heavy atom. The Kier molecular flexibility index (Phi) is 5.45. The van der Waals surface area contributed by atoms with Crippen molar-refractivity contribution in [2.24, 2.45) is 11.3 Å². The van der Waals surface area contributed by atoms with Crippen LogP contribution in [-0.2, 0) is 22.4 Å². The fraction of sp³-hybridized carbons (Fsp3) is 0.500. The van der Waals surface area contributed by atoms with Gasteiger partial charge < -0.3 is 10.4 Å². The average molecular weight is 346 g/mol. The van der Waals surface area contributed by atoms with E-state index in [4.69, 9.17) is 5.11 Å². The molecule has 0 aliphatic heterocycles. The summed E-state index contributed by atoms with van der Waals surface area (Å²) in [5, 5.41) is 21.2. The number of anilines is 1. The van der Waals surface area contributed by atoms with Crippen molar-refractivity contribution in [3.8, 4) is 6.07 Å². The van der Waals surface area contributed by atoms with Crippen LogP contribution in [0.15, 0.2) is 12.2 Å². The molecule has 2 rings (SSSR count). The standard InChI is InChI=1S/C18H22N2O3S/c1-4-18(2,3)11-5-6-12-13(10-19)17(24-14(12)9-11)20-15(21)7-8-16(22)23/h7-8,11H,4-6,9H2,1-3H3,(H,20,21)(H,22,23). The summed E-state index contributed by atoms with van der Waals surface area (Å²) >= 11 is 1.44. The maximum atomic E-state index is 11.8. The summed E-state index contributed by atoms with van der Waals surface area (Å²) < 4.78 is 0. The van der Waals surface area contributed by atoms with Gasteiger partial charge in [-0.25, -0.2) is 4.79 Å². The Bertz CT molecular complexity index is 725. The van der Waals surface area contributed by atoms with Crippen molar-refractivity contribution < 1.29 is 14.7 Å². The van der Waals surface area contributed by atoms with Crippen LogP contribution in [0, 0.1) is 22.7 Å². The van der Waals surface area contributed by atoms with E-state index in [2.05, 4.69) is 32.2 Å². The van der Waals surface area contributed by atoms with E-state index in [0.29, 0.717) is 16.5 Å². The number of carboxylic acid groups (broad SMARTS) is 1. The van der Waals surface area contributed by atoms with Gasteiger partial charge in [-0.05, 0) is 36.2 Å². The lowest BCUT2D eigenvalue weighted by Crippen LogP contribution is -2.28. The number of nitriles is 1. The SMILES string of the molecule is CCC(C)(C)C1CCc2c(sc(NC(=O)C=CC(=O)O)c2C#N)C1. The number of fused-ring (bicyclic) bond motifs is 1. The molecule has 6 heteroatoms. The summed E-state index contributed by atoms with van der Waals surface area (Å²) in [4.78, 5) is 23.5. The number of carboxylic acids is 1. The van der Waals surface area contributed by atoms with Crippen molar-refractivity contribution in [2.45, 2.75) is 46.5 Å². The minimum atomic E-state index is -1.18. The Morgan fingerprint density at radius 1 is 1.46 bits per heavy atom. The second-order valence-corrected chi connectivity index (χ2v) is 7.87. The van der Waals surface area contributed by atoms with Gasteiger partial charge in [-0.2, -0.15) is 5.26 Å². The van der Waals surface area contributed by atoms with E-state index in [0.717, 1.165) is 43.4 Å². The van der Waals surface area contributed by atoms with Crippen LogP contribution < -0.4 is 5.32 Å². The Labute approximate surface area is 146 Å². The number of carbonyl (C=O) groups excluding carboxylic acids is 1. The van der Waals surface area contributed by atoms with Crippen molar-refractivity contribution in [3.63, 3.8) is 0 Å². The number of hydrogen-bond acceptors (Lipinski definition) is 4. The largest absolute Gasteiger partial charge is 0.478 e. The van der Waals surface area contributed by atoms with Crippen LogP contribution in [0.2, 0.25) is 0 Å².